The van der Waals surface area contributed by atoms with Gasteiger partial charge < -0.3 is 0 Å². The van der Waals surface area contributed by atoms with Crippen LogP contribution in [0.5, 0.6) is 0 Å². The third-order valence-corrected chi connectivity index (χ3v) is 3.74. The van der Waals surface area contributed by atoms with Crippen LogP contribution in [0.15, 0.2) is 0 Å². The van der Waals surface area contributed by atoms with Crippen LogP contribution in [0, 0.1) is 5.92 Å². The summed E-state index contributed by atoms with van der Waals surface area (Å²) in [6.45, 7) is 4.53. The quantitative estimate of drug-likeness (QED) is 0.465. The lowest BCUT2D eigenvalue weighted by molar-refractivity contribution is 0.620. The topological polar surface area (TPSA) is 0 Å². The monoisotopic (exact) mass is 184 g/mol. The van der Waals surface area contributed by atoms with Gasteiger partial charge in [-0.15, -0.1) is 22.2 Å². The van der Waals surface area contributed by atoms with Gasteiger partial charge >= 0.3 is 0 Å². The van der Waals surface area contributed by atoms with Crippen molar-refractivity contribution in [3.8, 4) is 0 Å². The normalized spacial score (nSPS) is 15.7. The molecule has 1 atom stereocenters. The second kappa shape index (κ2) is 3.84. The van der Waals surface area contributed by atoms with Crippen molar-refractivity contribution < 1.29 is 0 Å². The van der Waals surface area contributed by atoms with E-state index in [2.05, 4.69) is 13.8 Å². The van der Waals surface area contributed by atoms with Crippen LogP contribution in [0.1, 0.15) is 20.3 Å². The Balaban J connectivity index is 3.47. The molecule has 3 heteroatoms. The summed E-state index contributed by atoms with van der Waals surface area (Å²) in [5.41, 5.74) is 0. The lowest BCUT2D eigenvalue weighted by Crippen LogP contribution is -2.16. The SMILES string of the molecule is CCC(C)C[Si](C)(Cl)Cl. The van der Waals surface area contributed by atoms with Crippen LogP contribution in [0.3, 0.4) is 0 Å². The van der Waals surface area contributed by atoms with Crippen molar-refractivity contribution in [2.45, 2.75) is 32.9 Å². The van der Waals surface area contributed by atoms with Crippen molar-refractivity contribution in [2.24, 2.45) is 5.92 Å². The van der Waals surface area contributed by atoms with Gasteiger partial charge in [-0.3, -0.25) is 0 Å². The lowest BCUT2D eigenvalue weighted by atomic mass is 10.2. The molecule has 0 aliphatic carbocycles. The van der Waals surface area contributed by atoms with Crippen LogP contribution in [-0.4, -0.2) is 6.69 Å². The van der Waals surface area contributed by atoms with E-state index in [1.165, 1.54) is 6.42 Å². The molecule has 0 aliphatic heterocycles. The van der Waals surface area contributed by atoms with Crippen LogP contribution >= 0.6 is 22.2 Å². The van der Waals surface area contributed by atoms with E-state index in [0.717, 1.165) is 6.04 Å². The van der Waals surface area contributed by atoms with Crippen molar-refractivity contribution in [3.63, 3.8) is 0 Å². The van der Waals surface area contributed by atoms with Crippen molar-refractivity contribution in [2.75, 3.05) is 0 Å². The number of halogens is 2. The second-order valence-electron chi connectivity index (χ2n) is 2.79. The molecule has 56 valence electrons. The molecule has 0 aromatic carbocycles. The number of hydrogen-bond donors (Lipinski definition) is 0. The Kier molecular flexibility index (Phi) is 4.18. The first kappa shape index (κ1) is 9.80. The van der Waals surface area contributed by atoms with Crippen LogP contribution in [-0.2, 0) is 0 Å². The summed E-state index contributed by atoms with van der Waals surface area (Å²) in [6, 6.07) is 1.02. The number of rotatable bonds is 3. The van der Waals surface area contributed by atoms with Gasteiger partial charge in [0.15, 0.2) is 0 Å². The van der Waals surface area contributed by atoms with E-state index in [0.29, 0.717) is 5.92 Å². The molecule has 0 aromatic heterocycles. The summed E-state index contributed by atoms with van der Waals surface area (Å²) in [6.07, 6.45) is 1.18. The Labute approximate surface area is 68.0 Å². The highest BCUT2D eigenvalue weighted by molar-refractivity contribution is 7.44. The zero-order chi connectivity index (χ0) is 7.49. The van der Waals surface area contributed by atoms with E-state index in [9.17, 15) is 0 Å². The summed E-state index contributed by atoms with van der Waals surface area (Å²) >= 11 is 11.8. The molecule has 0 aromatic rings. The van der Waals surface area contributed by atoms with Gasteiger partial charge in [-0.25, -0.2) is 0 Å². The molecule has 0 aliphatic rings. The molecule has 0 bridgehead atoms. The van der Waals surface area contributed by atoms with Crippen LogP contribution in [0.2, 0.25) is 12.6 Å². The third-order valence-electron chi connectivity index (χ3n) is 1.40. The molecular weight excluding hydrogens is 171 g/mol. The van der Waals surface area contributed by atoms with Gasteiger partial charge in [-0.1, -0.05) is 20.3 Å². The standard InChI is InChI=1S/C6H14Cl2Si/c1-4-6(2)5-9(3,7)8/h6H,4-5H2,1-3H3. The van der Waals surface area contributed by atoms with Crippen LogP contribution in [0.25, 0.3) is 0 Å². The molecule has 9 heavy (non-hydrogen) atoms. The number of hydrogen-bond acceptors (Lipinski definition) is 0. The van der Waals surface area contributed by atoms with Gasteiger partial charge in [0.1, 0.15) is 0 Å². The molecule has 0 spiro atoms. The molecule has 0 radical (unpaired) electrons. The fourth-order valence-corrected chi connectivity index (χ4v) is 3.85. The predicted octanol–water partition coefficient (Wildman–Crippen LogP) is 3.58. The Morgan fingerprint density at radius 2 is 1.89 bits per heavy atom. The molecule has 1 unspecified atom stereocenters. The highest BCUT2D eigenvalue weighted by Gasteiger charge is 2.22. The molecule has 0 nitrogen and oxygen atoms in total. The zero-order valence-corrected chi connectivity index (χ0v) is 8.76. The van der Waals surface area contributed by atoms with Crippen molar-refractivity contribution in [1.29, 1.82) is 0 Å². The Morgan fingerprint density at radius 3 is 2.00 bits per heavy atom. The van der Waals surface area contributed by atoms with Crippen molar-refractivity contribution in [3.05, 3.63) is 0 Å². The van der Waals surface area contributed by atoms with Gasteiger partial charge in [0.2, 0.25) is 6.69 Å². The van der Waals surface area contributed by atoms with Gasteiger partial charge in [0.05, 0.1) is 0 Å². The zero-order valence-electron chi connectivity index (χ0n) is 6.25. The highest BCUT2D eigenvalue weighted by Crippen LogP contribution is 2.25. The average molecular weight is 185 g/mol. The smallest absolute Gasteiger partial charge is 0.146 e. The summed E-state index contributed by atoms with van der Waals surface area (Å²) in [4.78, 5) is 0. The largest absolute Gasteiger partial charge is 0.248 e. The first-order valence-corrected chi connectivity index (χ1v) is 8.06. The molecule has 0 N–H and O–H groups in total. The average Bonchev–Trinajstić information content (AvgIpc) is 1.62. The minimum atomic E-state index is -1.80. The minimum Gasteiger partial charge on any atom is -0.146 e. The summed E-state index contributed by atoms with van der Waals surface area (Å²) in [5.74, 6) is 0.691. The maximum atomic E-state index is 5.91. The van der Waals surface area contributed by atoms with Gasteiger partial charge in [0.25, 0.3) is 0 Å². The van der Waals surface area contributed by atoms with E-state index >= 15 is 0 Å². The van der Waals surface area contributed by atoms with Crippen molar-refractivity contribution in [1.82, 2.24) is 0 Å². The maximum Gasteiger partial charge on any atom is 0.248 e. The molecule has 0 saturated carbocycles. The molecule has 0 saturated heterocycles. The Hall–Kier alpha value is 0.797. The summed E-state index contributed by atoms with van der Waals surface area (Å²) in [5, 5.41) is 0. The second-order valence-corrected chi connectivity index (χ2v) is 10.9. The predicted molar refractivity (Wildman–Crippen MR) is 47.6 cm³/mol. The van der Waals surface area contributed by atoms with Crippen molar-refractivity contribution >= 4 is 28.9 Å². The van der Waals surface area contributed by atoms with Crippen LogP contribution in [0.4, 0.5) is 0 Å². The minimum absolute atomic E-state index is 0.691. The molecule has 0 amide bonds. The van der Waals surface area contributed by atoms with Gasteiger partial charge in [0, 0.05) is 0 Å². The van der Waals surface area contributed by atoms with Crippen LogP contribution < -0.4 is 0 Å². The molecular formula is C6H14Cl2Si. The molecule has 0 heterocycles. The fourth-order valence-electron chi connectivity index (χ4n) is 0.756. The van der Waals surface area contributed by atoms with Gasteiger partial charge in [-0.05, 0) is 18.5 Å². The Morgan fingerprint density at radius 1 is 1.44 bits per heavy atom. The maximum absolute atomic E-state index is 5.91. The lowest BCUT2D eigenvalue weighted by Gasteiger charge is -2.14. The summed E-state index contributed by atoms with van der Waals surface area (Å²) < 4.78 is 0. The first-order valence-electron chi connectivity index (χ1n) is 3.33. The molecule has 0 rings (SSSR count). The van der Waals surface area contributed by atoms with E-state index in [1.54, 1.807) is 0 Å². The third kappa shape index (κ3) is 6.69. The Bertz CT molecular complexity index is 77.6. The van der Waals surface area contributed by atoms with E-state index in [4.69, 9.17) is 22.2 Å². The summed E-state index contributed by atoms with van der Waals surface area (Å²) in [7, 11) is 0. The van der Waals surface area contributed by atoms with E-state index in [1.807, 2.05) is 6.55 Å². The van der Waals surface area contributed by atoms with Gasteiger partial charge in [-0.2, -0.15) is 0 Å². The molecule has 0 fully saturated rings. The van der Waals surface area contributed by atoms with E-state index < -0.39 is 6.69 Å². The first-order chi connectivity index (χ1) is 3.95. The van der Waals surface area contributed by atoms with E-state index in [-0.39, 0.29) is 0 Å². The fraction of sp³-hybridized carbons (Fsp3) is 1.00. The highest BCUT2D eigenvalue weighted by atomic mass is 35.7.